The fourth-order valence-electron chi connectivity index (χ4n) is 1.21. The third-order valence-electron chi connectivity index (χ3n) is 1.88. The van der Waals surface area contributed by atoms with E-state index in [1.807, 2.05) is 13.8 Å². The second-order valence-corrected chi connectivity index (χ2v) is 2.82. The zero-order chi connectivity index (χ0) is 11.1. The molecule has 1 aliphatic rings. The van der Waals surface area contributed by atoms with Crippen molar-refractivity contribution in [2.45, 2.75) is 20.3 Å². The number of nitrogens with zero attached hydrogens (tertiary/aromatic N) is 4. The summed E-state index contributed by atoms with van der Waals surface area (Å²) in [5.41, 5.74) is 0. The maximum Gasteiger partial charge on any atom is 0.334 e. The first-order valence-corrected chi connectivity index (χ1v) is 5.17. The van der Waals surface area contributed by atoms with Crippen LogP contribution in [0.15, 0.2) is 23.7 Å². The maximum absolute atomic E-state index is 11.6. The van der Waals surface area contributed by atoms with Gasteiger partial charge in [0.05, 0.1) is 6.34 Å². The van der Waals surface area contributed by atoms with Crippen molar-refractivity contribution in [2.75, 3.05) is 13.1 Å². The summed E-state index contributed by atoms with van der Waals surface area (Å²) in [6, 6.07) is -0.0963. The van der Waals surface area contributed by atoms with Crippen LogP contribution in [0, 0.1) is 0 Å². The van der Waals surface area contributed by atoms with E-state index >= 15 is 0 Å². The molecule has 0 radical (unpaired) electrons. The number of aromatic nitrogens is 2. The van der Waals surface area contributed by atoms with Crippen molar-refractivity contribution in [1.82, 2.24) is 14.5 Å². The number of rotatable bonds is 0. The first-order chi connectivity index (χ1) is 7.38. The fraction of sp³-hybridized carbons (Fsp3) is 0.500. The van der Waals surface area contributed by atoms with Gasteiger partial charge in [-0.15, -0.1) is 0 Å². The molecule has 1 aromatic heterocycles. The Balaban J connectivity index is 0.000000531. The lowest BCUT2D eigenvalue weighted by Crippen LogP contribution is -2.36. The molecule has 82 valence electrons. The van der Waals surface area contributed by atoms with Gasteiger partial charge in [-0.1, -0.05) is 13.8 Å². The SMILES string of the molecule is CC.O=C(N1C=NCCC1)n1ccnc1. The summed E-state index contributed by atoms with van der Waals surface area (Å²) in [5, 5.41) is 0. The van der Waals surface area contributed by atoms with Crippen LogP contribution in [0.25, 0.3) is 0 Å². The lowest BCUT2D eigenvalue weighted by molar-refractivity contribution is 0.222. The normalized spacial score (nSPS) is 14.4. The molecule has 0 aromatic carbocycles. The van der Waals surface area contributed by atoms with Crippen molar-refractivity contribution in [3.63, 3.8) is 0 Å². The van der Waals surface area contributed by atoms with Crippen molar-refractivity contribution in [3.05, 3.63) is 18.7 Å². The first-order valence-electron chi connectivity index (χ1n) is 5.17. The van der Waals surface area contributed by atoms with Gasteiger partial charge in [0.25, 0.3) is 0 Å². The molecule has 0 aliphatic carbocycles. The van der Waals surface area contributed by atoms with E-state index in [1.54, 1.807) is 23.6 Å². The van der Waals surface area contributed by atoms with Crippen LogP contribution in [0.3, 0.4) is 0 Å². The average Bonchev–Trinajstić information content (AvgIpc) is 2.85. The molecular weight excluding hydrogens is 192 g/mol. The number of imidazole rings is 1. The zero-order valence-corrected chi connectivity index (χ0v) is 9.13. The van der Waals surface area contributed by atoms with Gasteiger partial charge in [-0.25, -0.2) is 9.78 Å². The Labute approximate surface area is 89.4 Å². The molecule has 5 nitrogen and oxygen atoms in total. The topological polar surface area (TPSA) is 50.5 Å². The van der Waals surface area contributed by atoms with Gasteiger partial charge in [-0.05, 0) is 6.42 Å². The molecule has 2 heterocycles. The number of carbonyl (C=O) groups excluding carboxylic acids is 1. The Morgan fingerprint density at radius 2 is 2.20 bits per heavy atom. The average molecular weight is 208 g/mol. The van der Waals surface area contributed by atoms with E-state index in [2.05, 4.69) is 9.98 Å². The molecule has 0 unspecified atom stereocenters. The highest BCUT2D eigenvalue weighted by atomic mass is 16.2. The molecule has 2 rings (SSSR count). The summed E-state index contributed by atoms with van der Waals surface area (Å²) < 4.78 is 1.44. The van der Waals surface area contributed by atoms with Gasteiger partial charge in [-0.2, -0.15) is 0 Å². The van der Waals surface area contributed by atoms with Gasteiger partial charge in [-0.3, -0.25) is 14.5 Å². The molecule has 0 bridgehead atoms. The number of hydrogen-bond donors (Lipinski definition) is 0. The van der Waals surface area contributed by atoms with Gasteiger partial charge >= 0.3 is 6.03 Å². The Hall–Kier alpha value is -1.65. The number of aliphatic imine (C=N–C) groups is 1. The molecule has 0 saturated carbocycles. The van der Waals surface area contributed by atoms with Crippen molar-refractivity contribution >= 4 is 12.4 Å². The summed E-state index contributed by atoms with van der Waals surface area (Å²) >= 11 is 0. The third-order valence-corrected chi connectivity index (χ3v) is 1.88. The predicted molar refractivity (Wildman–Crippen MR) is 59.1 cm³/mol. The minimum atomic E-state index is -0.0963. The van der Waals surface area contributed by atoms with E-state index in [9.17, 15) is 4.79 Å². The van der Waals surface area contributed by atoms with E-state index in [-0.39, 0.29) is 6.03 Å². The molecule has 0 fully saturated rings. The molecular formula is C10H16N4O. The van der Waals surface area contributed by atoms with Crippen LogP contribution in [0.5, 0.6) is 0 Å². The Morgan fingerprint density at radius 3 is 2.73 bits per heavy atom. The third kappa shape index (κ3) is 2.90. The van der Waals surface area contributed by atoms with E-state index in [4.69, 9.17) is 0 Å². The fourth-order valence-corrected chi connectivity index (χ4v) is 1.21. The van der Waals surface area contributed by atoms with Crippen LogP contribution in [-0.4, -0.2) is 39.9 Å². The molecule has 1 aromatic rings. The highest BCUT2D eigenvalue weighted by Gasteiger charge is 2.14. The lowest BCUT2D eigenvalue weighted by atomic mass is 10.4. The molecule has 5 heteroatoms. The molecule has 0 saturated heterocycles. The molecule has 0 N–H and O–H groups in total. The number of hydrogen-bond acceptors (Lipinski definition) is 3. The predicted octanol–water partition coefficient (Wildman–Crippen LogP) is 1.61. The van der Waals surface area contributed by atoms with Crippen LogP contribution >= 0.6 is 0 Å². The summed E-state index contributed by atoms with van der Waals surface area (Å²) in [6.07, 6.45) is 7.22. The second kappa shape index (κ2) is 5.95. The highest BCUT2D eigenvalue weighted by molar-refractivity contribution is 5.88. The van der Waals surface area contributed by atoms with Crippen LogP contribution < -0.4 is 0 Å². The summed E-state index contributed by atoms with van der Waals surface area (Å²) in [6.45, 7) is 5.55. The van der Waals surface area contributed by atoms with Gasteiger partial charge in [0.2, 0.25) is 0 Å². The van der Waals surface area contributed by atoms with Gasteiger partial charge in [0, 0.05) is 25.5 Å². The molecule has 0 spiro atoms. The standard InChI is InChI=1S/C8H10N4O.C2H6/c13-8(12-5-3-10-7-12)11-4-1-2-9-6-11;1-2/h3,5-7H,1-2,4H2;1-2H3. The van der Waals surface area contributed by atoms with Crippen molar-refractivity contribution < 1.29 is 4.79 Å². The van der Waals surface area contributed by atoms with E-state index in [1.165, 1.54) is 10.9 Å². The summed E-state index contributed by atoms with van der Waals surface area (Å²) in [7, 11) is 0. The monoisotopic (exact) mass is 208 g/mol. The largest absolute Gasteiger partial charge is 0.334 e. The second-order valence-electron chi connectivity index (χ2n) is 2.82. The number of carbonyl (C=O) groups is 1. The van der Waals surface area contributed by atoms with Crippen LogP contribution in [0.4, 0.5) is 4.79 Å². The Kier molecular flexibility index (Phi) is 4.53. The first kappa shape index (κ1) is 11.4. The summed E-state index contributed by atoms with van der Waals surface area (Å²) in [5.74, 6) is 0. The van der Waals surface area contributed by atoms with Gasteiger partial charge < -0.3 is 0 Å². The smallest absolute Gasteiger partial charge is 0.284 e. The Bertz CT molecular complexity index is 318. The van der Waals surface area contributed by atoms with Crippen LogP contribution in [0.1, 0.15) is 20.3 Å². The minimum Gasteiger partial charge on any atom is -0.284 e. The van der Waals surface area contributed by atoms with Crippen molar-refractivity contribution in [1.29, 1.82) is 0 Å². The van der Waals surface area contributed by atoms with Crippen LogP contribution in [0.2, 0.25) is 0 Å². The molecule has 1 amide bonds. The lowest BCUT2D eigenvalue weighted by Gasteiger charge is -2.19. The molecule has 1 aliphatic heterocycles. The van der Waals surface area contributed by atoms with E-state index in [0.29, 0.717) is 0 Å². The quantitative estimate of drug-likeness (QED) is 0.650. The van der Waals surface area contributed by atoms with Gasteiger partial charge in [0.1, 0.15) is 6.33 Å². The van der Waals surface area contributed by atoms with E-state index < -0.39 is 0 Å². The summed E-state index contributed by atoms with van der Waals surface area (Å²) in [4.78, 5) is 21.1. The molecule has 15 heavy (non-hydrogen) atoms. The van der Waals surface area contributed by atoms with Crippen molar-refractivity contribution in [3.8, 4) is 0 Å². The van der Waals surface area contributed by atoms with Gasteiger partial charge in [0.15, 0.2) is 0 Å². The van der Waals surface area contributed by atoms with Crippen LogP contribution in [-0.2, 0) is 0 Å². The minimum absolute atomic E-state index is 0.0963. The van der Waals surface area contributed by atoms with E-state index in [0.717, 1.165) is 19.5 Å². The number of amides is 1. The van der Waals surface area contributed by atoms with Crippen molar-refractivity contribution in [2.24, 2.45) is 4.99 Å². The Morgan fingerprint density at radius 1 is 1.40 bits per heavy atom. The molecule has 0 atom stereocenters. The zero-order valence-electron chi connectivity index (χ0n) is 9.13. The highest BCUT2D eigenvalue weighted by Crippen LogP contribution is 2.00. The maximum atomic E-state index is 11.6.